The quantitative estimate of drug-likeness (QED) is 0.246. The Hall–Kier alpha value is -3.30. The van der Waals surface area contributed by atoms with E-state index in [9.17, 15) is 5.21 Å². The molecule has 1 aromatic heterocycles. The molecule has 0 fully saturated rings. The molecule has 3 nitrogen and oxygen atoms in total. The molecule has 27 heavy (non-hydrogen) atoms. The summed E-state index contributed by atoms with van der Waals surface area (Å²) in [5.74, 6) is 1.48. The smallest absolute Gasteiger partial charge is 0.224 e. The van der Waals surface area contributed by atoms with Crippen molar-refractivity contribution >= 4 is 34.7 Å². The second kappa shape index (κ2) is 7.52. The zero-order valence-electron chi connectivity index (χ0n) is 14.4. The van der Waals surface area contributed by atoms with Crippen molar-refractivity contribution in [2.45, 2.75) is 0 Å². The Kier molecular flexibility index (Phi) is 4.77. The lowest BCUT2D eigenvalue weighted by Crippen LogP contribution is -2.25. The van der Waals surface area contributed by atoms with E-state index < -0.39 is 0 Å². The highest BCUT2D eigenvalue weighted by atomic mass is 35.5. The zero-order chi connectivity index (χ0) is 18.6. The van der Waals surface area contributed by atoms with Gasteiger partial charge in [-0.15, -0.1) is 0 Å². The maximum atomic E-state index is 11.9. The molecule has 0 N–H and O–H groups in total. The second-order valence-electron chi connectivity index (χ2n) is 6.08. The van der Waals surface area contributed by atoms with Crippen molar-refractivity contribution in [3.8, 4) is 11.5 Å². The molecule has 0 amide bonds. The maximum Gasteiger partial charge on any atom is 0.224 e. The van der Waals surface area contributed by atoms with Crippen LogP contribution in [0.4, 0.5) is 0 Å². The summed E-state index contributed by atoms with van der Waals surface area (Å²) in [4.78, 5) is 0. The number of hydrogen-bond donors (Lipinski definition) is 0. The van der Waals surface area contributed by atoms with Crippen LogP contribution in [0.3, 0.4) is 0 Å². The molecule has 3 aromatic carbocycles. The summed E-state index contributed by atoms with van der Waals surface area (Å²) < 4.78 is 6.76. The van der Waals surface area contributed by atoms with E-state index in [1.807, 2.05) is 72.8 Å². The standard InChI is InChI=1S/C23H16ClNO2/c24-19-11-13-20(14-12-19)27-21-6-1-4-17(16-21)9-10-18-5-2-8-23-22(18)7-3-15-25(23)26/h1-16H/b10-9+. The van der Waals surface area contributed by atoms with Crippen molar-refractivity contribution < 1.29 is 9.47 Å². The molecule has 0 aliphatic heterocycles. The Morgan fingerprint density at radius 2 is 1.63 bits per heavy atom. The minimum Gasteiger partial charge on any atom is -0.618 e. The predicted octanol–water partition coefficient (Wildman–Crippen LogP) is 6.09. The van der Waals surface area contributed by atoms with Crippen molar-refractivity contribution in [2.24, 2.45) is 0 Å². The summed E-state index contributed by atoms with van der Waals surface area (Å²) in [5.41, 5.74) is 2.64. The number of hydrogen-bond acceptors (Lipinski definition) is 2. The first-order chi connectivity index (χ1) is 13.2. The van der Waals surface area contributed by atoms with Crippen LogP contribution in [0.25, 0.3) is 23.1 Å². The Morgan fingerprint density at radius 3 is 2.48 bits per heavy atom. The van der Waals surface area contributed by atoms with E-state index in [2.05, 4.69) is 0 Å². The van der Waals surface area contributed by atoms with Gasteiger partial charge in [0, 0.05) is 17.2 Å². The number of fused-ring (bicyclic) bond motifs is 1. The minimum atomic E-state index is 0.652. The van der Waals surface area contributed by atoms with E-state index in [0.717, 1.165) is 32.7 Å². The van der Waals surface area contributed by atoms with Crippen LogP contribution in [0.15, 0.2) is 85.1 Å². The van der Waals surface area contributed by atoms with Gasteiger partial charge in [0.05, 0.1) is 5.39 Å². The van der Waals surface area contributed by atoms with E-state index >= 15 is 0 Å². The SMILES string of the molecule is [O-][n+]1cccc2c(/C=C/c3cccc(Oc4ccc(Cl)cc4)c3)cccc21. The van der Waals surface area contributed by atoms with E-state index in [0.29, 0.717) is 10.5 Å². The normalized spacial score (nSPS) is 11.1. The molecule has 132 valence electrons. The molecule has 0 saturated carbocycles. The molecule has 4 heteroatoms. The minimum absolute atomic E-state index is 0.652. The van der Waals surface area contributed by atoms with E-state index in [1.54, 1.807) is 18.2 Å². The molecule has 0 radical (unpaired) electrons. The monoisotopic (exact) mass is 373 g/mol. The van der Waals surface area contributed by atoms with Gasteiger partial charge in [0.2, 0.25) is 5.52 Å². The second-order valence-corrected chi connectivity index (χ2v) is 6.51. The van der Waals surface area contributed by atoms with Crippen LogP contribution >= 0.6 is 11.6 Å². The zero-order valence-corrected chi connectivity index (χ0v) is 15.1. The molecular weight excluding hydrogens is 358 g/mol. The van der Waals surface area contributed by atoms with Gasteiger partial charge in [0.1, 0.15) is 11.5 Å². The Labute approximate surface area is 162 Å². The van der Waals surface area contributed by atoms with Crippen molar-refractivity contribution in [2.75, 3.05) is 0 Å². The molecule has 0 aliphatic carbocycles. The topological polar surface area (TPSA) is 36.2 Å². The number of nitrogens with zero attached hydrogens (tertiary/aromatic N) is 1. The molecule has 0 unspecified atom stereocenters. The summed E-state index contributed by atoms with van der Waals surface area (Å²) in [6.07, 6.45) is 5.52. The molecular formula is C23H16ClNO2. The number of aromatic nitrogens is 1. The van der Waals surface area contributed by atoms with Crippen molar-refractivity contribution in [3.05, 3.63) is 106 Å². The van der Waals surface area contributed by atoms with Gasteiger partial charge in [-0.3, -0.25) is 0 Å². The van der Waals surface area contributed by atoms with Gasteiger partial charge in [-0.1, -0.05) is 48.0 Å². The molecule has 4 rings (SSSR count). The third-order valence-corrected chi connectivity index (χ3v) is 4.45. The fraction of sp³-hybridized carbons (Fsp3) is 0. The van der Waals surface area contributed by atoms with Gasteiger partial charge in [-0.2, -0.15) is 4.73 Å². The van der Waals surface area contributed by atoms with E-state index in [-0.39, 0.29) is 0 Å². The van der Waals surface area contributed by atoms with Gasteiger partial charge in [-0.05, 0) is 53.6 Å². The first kappa shape index (κ1) is 17.1. The van der Waals surface area contributed by atoms with Crippen LogP contribution in [-0.2, 0) is 0 Å². The Balaban J connectivity index is 1.60. The number of rotatable bonds is 4. The summed E-state index contributed by atoms with van der Waals surface area (Å²) in [6, 6.07) is 24.5. The molecule has 0 saturated heterocycles. The van der Waals surface area contributed by atoms with E-state index in [4.69, 9.17) is 16.3 Å². The summed E-state index contributed by atoms with van der Waals surface area (Å²) in [5, 5.41) is 13.5. The molecule has 1 heterocycles. The molecule has 0 spiro atoms. The highest BCUT2D eigenvalue weighted by Gasteiger charge is 2.05. The highest BCUT2D eigenvalue weighted by molar-refractivity contribution is 6.30. The number of benzene rings is 3. The Bertz CT molecular complexity index is 1120. The number of pyridine rings is 1. The lowest BCUT2D eigenvalue weighted by molar-refractivity contribution is -0.577. The van der Waals surface area contributed by atoms with Crippen LogP contribution in [0, 0.1) is 5.21 Å². The summed E-state index contributed by atoms with van der Waals surface area (Å²) in [7, 11) is 0. The molecule has 0 atom stereocenters. The molecule has 4 aromatic rings. The van der Waals surface area contributed by atoms with Gasteiger partial charge in [0.25, 0.3) is 0 Å². The fourth-order valence-electron chi connectivity index (χ4n) is 2.89. The highest BCUT2D eigenvalue weighted by Crippen LogP contribution is 2.25. The third-order valence-electron chi connectivity index (χ3n) is 4.20. The summed E-state index contributed by atoms with van der Waals surface area (Å²) in [6.45, 7) is 0. The number of ether oxygens (including phenoxy) is 1. The average Bonchev–Trinajstić information content (AvgIpc) is 2.69. The molecule has 0 bridgehead atoms. The Morgan fingerprint density at radius 1 is 0.815 bits per heavy atom. The van der Waals surface area contributed by atoms with Crippen molar-refractivity contribution in [1.29, 1.82) is 0 Å². The largest absolute Gasteiger partial charge is 0.618 e. The third kappa shape index (κ3) is 3.94. The van der Waals surface area contributed by atoms with Gasteiger partial charge in [0.15, 0.2) is 6.20 Å². The van der Waals surface area contributed by atoms with Crippen LogP contribution in [0.2, 0.25) is 5.02 Å². The lowest BCUT2D eigenvalue weighted by Gasteiger charge is -2.06. The van der Waals surface area contributed by atoms with E-state index in [1.165, 1.54) is 6.20 Å². The molecule has 0 aliphatic rings. The van der Waals surface area contributed by atoms with Crippen LogP contribution in [-0.4, -0.2) is 0 Å². The fourth-order valence-corrected chi connectivity index (χ4v) is 3.02. The van der Waals surface area contributed by atoms with Crippen molar-refractivity contribution in [1.82, 2.24) is 0 Å². The lowest BCUT2D eigenvalue weighted by atomic mass is 10.1. The first-order valence-electron chi connectivity index (χ1n) is 8.51. The maximum absolute atomic E-state index is 11.9. The van der Waals surface area contributed by atoms with Gasteiger partial charge in [-0.25, -0.2) is 0 Å². The number of halogens is 1. The average molecular weight is 374 g/mol. The van der Waals surface area contributed by atoms with Crippen LogP contribution in [0.1, 0.15) is 11.1 Å². The van der Waals surface area contributed by atoms with Crippen molar-refractivity contribution in [3.63, 3.8) is 0 Å². The van der Waals surface area contributed by atoms with Crippen LogP contribution < -0.4 is 9.47 Å². The summed E-state index contributed by atoms with van der Waals surface area (Å²) >= 11 is 5.90. The van der Waals surface area contributed by atoms with Crippen LogP contribution in [0.5, 0.6) is 11.5 Å². The van der Waals surface area contributed by atoms with Gasteiger partial charge < -0.3 is 9.94 Å². The predicted molar refractivity (Wildman–Crippen MR) is 110 cm³/mol. The van der Waals surface area contributed by atoms with Gasteiger partial charge >= 0.3 is 0 Å². The first-order valence-corrected chi connectivity index (χ1v) is 8.89.